The van der Waals surface area contributed by atoms with Gasteiger partial charge >= 0.3 is 0 Å². The van der Waals surface area contributed by atoms with E-state index < -0.39 is 11.6 Å². The summed E-state index contributed by atoms with van der Waals surface area (Å²) in [5.41, 5.74) is 1.25. The van der Waals surface area contributed by atoms with Gasteiger partial charge in [0.1, 0.15) is 10.9 Å². The van der Waals surface area contributed by atoms with Gasteiger partial charge in [0.25, 0.3) is 0 Å². The first-order chi connectivity index (χ1) is 9.95. The first-order valence-corrected chi connectivity index (χ1v) is 6.94. The van der Waals surface area contributed by atoms with E-state index in [1.807, 2.05) is 18.5 Å². The molecule has 8 heteroatoms. The van der Waals surface area contributed by atoms with Crippen molar-refractivity contribution in [1.29, 1.82) is 0 Å². The molecule has 3 aromatic rings. The molecule has 0 amide bonds. The lowest BCUT2D eigenvalue weighted by Gasteiger charge is -2.06. The second kappa shape index (κ2) is 5.03. The number of halogens is 2. The molecule has 0 fully saturated rings. The highest BCUT2D eigenvalue weighted by atomic mass is 32.2. The Bertz CT molecular complexity index is 846. The first-order valence-electron chi connectivity index (χ1n) is 6.13. The fourth-order valence-corrected chi connectivity index (χ4v) is 2.64. The molecule has 3 rings (SSSR count). The summed E-state index contributed by atoms with van der Waals surface area (Å²) in [6, 6.07) is 2.09. The van der Waals surface area contributed by atoms with Gasteiger partial charge in [-0.3, -0.25) is 0 Å². The number of hydrogen-bond acceptors (Lipinski definition) is 5. The maximum atomic E-state index is 13.3. The van der Waals surface area contributed by atoms with Gasteiger partial charge in [0.2, 0.25) is 0 Å². The number of aromatic nitrogens is 5. The van der Waals surface area contributed by atoms with Gasteiger partial charge in [-0.25, -0.2) is 18.7 Å². The van der Waals surface area contributed by atoms with Gasteiger partial charge in [-0.2, -0.15) is 0 Å². The van der Waals surface area contributed by atoms with Crippen LogP contribution in [0.15, 0.2) is 22.3 Å². The lowest BCUT2D eigenvalue weighted by atomic mass is 10.3. The Hall–Kier alpha value is -2.09. The fourth-order valence-electron chi connectivity index (χ4n) is 1.78. The van der Waals surface area contributed by atoms with Crippen LogP contribution in [0.4, 0.5) is 8.78 Å². The molecule has 1 aromatic carbocycles. The van der Waals surface area contributed by atoms with Gasteiger partial charge in [0, 0.05) is 19.2 Å². The highest BCUT2D eigenvalue weighted by molar-refractivity contribution is 7.99. The third-order valence-electron chi connectivity index (χ3n) is 3.08. The number of benzene rings is 1. The Labute approximate surface area is 123 Å². The van der Waals surface area contributed by atoms with E-state index in [4.69, 9.17) is 0 Å². The summed E-state index contributed by atoms with van der Waals surface area (Å²) in [6.45, 7) is 3.60. The van der Waals surface area contributed by atoms with Crippen molar-refractivity contribution in [3.8, 4) is 0 Å². The molecule has 5 nitrogen and oxygen atoms in total. The second-order valence-electron chi connectivity index (χ2n) is 4.56. The molecule has 0 N–H and O–H groups in total. The van der Waals surface area contributed by atoms with Crippen molar-refractivity contribution in [3.05, 3.63) is 35.3 Å². The van der Waals surface area contributed by atoms with E-state index in [0.29, 0.717) is 26.9 Å². The van der Waals surface area contributed by atoms with Crippen molar-refractivity contribution in [2.75, 3.05) is 0 Å². The normalized spacial score (nSPS) is 11.3. The Morgan fingerprint density at radius 3 is 2.19 bits per heavy atom. The van der Waals surface area contributed by atoms with Gasteiger partial charge < -0.3 is 4.57 Å². The standard InChI is InChI=1S/C13H11F2N5S/c1-6-12(21-13-19-18-7(2)20(13)3)17-11-5-9(15)8(14)4-10(11)16-6/h4-5H,1-3H3. The van der Waals surface area contributed by atoms with E-state index in [0.717, 1.165) is 18.0 Å². The minimum atomic E-state index is -0.939. The summed E-state index contributed by atoms with van der Waals surface area (Å²) >= 11 is 1.29. The van der Waals surface area contributed by atoms with Crippen molar-refractivity contribution in [2.45, 2.75) is 24.0 Å². The Morgan fingerprint density at radius 1 is 1.00 bits per heavy atom. The predicted molar refractivity (Wildman–Crippen MR) is 74.1 cm³/mol. The smallest absolute Gasteiger partial charge is 0.197 e. The van der Waals surface area contributed by atoms with E-state index in [1.54, 1.807) is 6.92 Å². The zero-order valence-electron chi connectivity index (χ0n) is 11.6. The van der Waals surface area contributed by atoms with Gasteiger partial charge in [0.05, 0.1) is 16.7 Å². The number of nitrogens with zero attached hydrogens (tertiary/aromatic N) is 5. The van der Waals surface area contributed by atoms with Crippen molar-refractivity contribution < 1.29 is 8.78 Å². The molecule has 0 saturated heterocycles. The number of fused-ring (bicyclic) bond motifs is 1. The van der Waals surface area contributed by atoms with Crippen molar-refractivity contribution >= 4 is 22.8 Å². The quantitative estimate of drug-likeness (QED) is 0.728. The lowest BCUT2D eigenvalue weighted by molar-refractivity contribution is 0.510. The van der Waals surface area contributed by atoms with Gasteiger partial charge in [-0.1, -0.05) is 0 Å². The molecule has 2 aromatic heterocycles. The molecule has 108 valence electrons. The van der Waals surface area contributed by atoms with E-state index >= 15 is 0 Å². The molecule has 0 aliphatic rings. The van der Waals surface area contributed by atoms with Crippen LogP contribution in [0.3, 0.4) is 0 Å². The summed E-state index contributed by atoms with van der Waals surface area (Å²) in [6.07, 6.45) is 0. The third-order valence-corrected chi connectivity index (χ3v) is 4.20. The zero-order valence-corrected chi connectivity index (χ0v) is 12.4. The summed E-state index contributed by atoms with van der Waals surface area (Å²) in [5, 5.41) is 9.25. The van der Waals surface area contributed by atoms with Crippen LogP contribution in [0.1, 0.15) is 11.5 Å². The molecule has 0 saturated carbocycles. The number of hydrogen-bond donors (Lipinski definition) is 0. The van der Waals surface area contributed by atoms with Crippen molar-refractivity contribution in [3.63, 3.8) is 0 Å². The lowest BCUT2D eigenvalue weighted by Crippen LogP contribution is -1.98. The molecule has 2 heterocycles. The molecular formula is C13H11F2N5S. The minimum absolute atomic E-state index is 0.306. The highest BCUT2D eigenvalue weighted by Crippen LogP contribution is 2.28. The van der Waals surface area contributed by atoms with Crippen LogP contribution in [0, 0.1) is 25.5 Å². The molecule has 0 atom stereocenters. The Balaban J connectivity index is 2.08. The van der Waals surface area contributed by atoms with Gasteiger partial charge in [-0.05, 0) is 25.6 Å². The molecule has 0 bridgehead atoms. The molecule has 0 aliphatic heterocycles. The van der Waals surface area contributed by atoms with Crippen LogP contribution in [0.5, 0.6) is 0 Å². The maximum Gasteiger partial charge on any atom is 0.197 e. The van der Waals surface area contributed by atoms with Crippen LogP contribution in [0.25, 0.3) is 11.0 Å². The maximum absolute atomic E-state index is 13.3. The van der Waals surface area contributed by atoms with Crippen LogP contribution in [-0.2, 0) is 7.05 Å². The third kappa shape index (κ3) is 2.46. The summed E-state index contributed by atoms with van der Waals surface area (Å²) < 4.78 is 28.3. The largest absolute Gasteiger partial charge is 0.309 e. The van der Waals surface area contributed by atoms with Crippen LogP contribution in [-0.4, -0.2) is 24.7 Å². The van der Waals surface area contributed by atoms with Crippen molar-refractivity contribution in [2.24, 2.45) is 7.05 Å². The minimum Gasteiger partial charge on any atom is -0.309 e. The highest BCUT2D eigenvalue weighted by Gasteiger charge is 2.14. The van der Waals surface area contributed by atoms with E-state index in [9.17, 15) is 8.78 Å². The predicted octanol–water partition coefficient (Wildman–Crippen LogP) is 2.80. The molecular weight excluding hydrogens is 296 g/mol. The van der Waals surface area contributed by atoms with Crippen molar-refractivity contribution in [1.82, 2.24) is 24.7 Å². The van der Waals surface area contributed by atoms with E-state index in [2.05, 4.69) is 20.2 Å². The van der Waals surface area contributed by atoms with E-state index in [-0.39, 0.29) is 0 Å². The average Bonchev–Trinajstić information content (AvgIpc) is 2.74. The van der Waals surface area contributed by atoms with E-state index in [1.165, 1.54) is 11.8 Å². The van der Waals surface area contributed by atoms with Crippen LogP contribution >= 0.6 is 11.8 Å². The first kappa shape index (κ1) is 13.9. The molecule has 0 unspecified atom stereocenters. The Kier molecular flexibility index (Phi) is 3.32. The number of rotatable bonds is 2. The summed E-state index contributed by atoms with van der Waals surface area (Å²) in [4.78, 5) is 8.60. The van der Waals surface area contributed by atoms with Gasteiger partial charge in [-0.15, -0.1) is 10.2 Å². The SMILES string of the molecule is Cc1nc2cc(F)c(F)cc2nc1Sc1nnc(C)n1C. The topological polar surface area (TPSA) is 56.5 Å². The van der Waals surface area contributed by atoms with Crippen LogP contribution in [0.2, 0.25) is 0 Å². The van der Waals surface area contributed by atoms with Crippen LogP contribution < -0.4 is 0 Å². The summed E-state index contributed by atoms with van der Waals surface area (Å²) in [5.74, 6) is -1.09. The molecule has 21 heavy (non-hydrogen) atoms. The molecule has 0 radical (unpaired) electrons. The number of aryl methyl sites for hydroxylation is 2. The zero-order chi connectivity index (χ0) is 15.1. The molecule has 0 spiro atoms. The second-order valence-corrected chi connectivity index (χ2v) is 5.52. The Morgan fingerprint density at radius 2 is 1.62 bits per heavy atom. The average molecular weight is 307 g/mol. The monoisotopic (exact) mass is 307 g/mol. The van der Waals surface area contributed by atoms with Gasteiger partial charge in [0.15, 0.2) is 16.8 Å². The summed E-state index contributed by atoms with van der Waals surface area (Å²) in [7, 11) is 1.84. The fraction of sp³-hybridized carbons (Fsp3) is 0.231. The molecule has 0 aliphatic carbocycles.